The lowest BCUT2D eigenvalue weighted by atomic mass is 9.96. The molecule has 0 spiro atoms. The fourth-order valence-corrected chi connectivity index (χ4v) is 5.77. The zero-order valence-corrected chi connectivity index (χ0v) is 17.1. The molecule has 1 atom stereocenters. The average Bonchev–Trinajstić information content (AvgIpc) is 3.23. The third-order valence-corrected chi connectivity index (χ3v) is 7.21. The number of nitrogens with one attached hydrogen (secondary N) is 1. The molecule has 3 aliphatic heterocycles. The maximum Gasteiger partial charge on any atom is 0.198 e. The van der Waals surface area contributed by atoms with E-state index in [0.717, 1.165) is 57.6 Å². The van der Waals surface area contributed by atoms with Gasteiger partial charge in [-0.2, -0.15) is 11.8 Å². The highest BCUT2D eigenvalue weighted by Crippen LogP contribution is 2.34. The molecule has 5 nitrogen and oxygen atoms in total. The summed E-state index contributed by atoms with van der Waals surface area (Å²) < 4.78 is 5.60. The Kier molecular flexibility index (Phi) is 6.58. The second-order valence-electron chi connectivity index (χ2n) is 7.80. The fraction of sp³-hybridized carbons (Fsp3) is 0.667. The number of thioether (sulfide) groups is 1. The molecule has 1 unspecified atom stereocenters. The molecular weight excluding hydrogens is 356 g/mol. The van der Waals surface area contributed by atoms with Gasteiger partial charge in [0, 0.05) is 37.6 Å². The number of anilines is 1. The van der Waals surface area contributed by atoms with Gasteiger partial charge in [-0.25, -0.2) is 0 Å². The molecule has 1 aromatic carbocycles. The summed E-state index contributed by atoms with van der Waals surface area (Å²) in [7, 11) is 0. The number of para-hydroxylation sites is 1. The van der Waals surface area contributed by atoms with Gasteiger partial charge in [-0.3, -0.25) is 9.89 Å². The summed E-state index contributed by atoms with van der Waals surface area (Å²) in [6, 6.07) is 10.5. The van der Waals surface area contributed by atoms with Crippen molar-refractivity contribution in [2.45, 2.75) is 31.2 Å². The van der Waals surface area contributed by atoms with Crippen LogP contribution < -0.4 is 5.32 Å². The van der Waals surface area contributed by atoms with Crippen LogP contribution in [0, 0.1) is 0 Å². The van der Waals surface area contributed by atoms with Crippen LogP contribution in [0.2, 0.25) is 0 Å². The number of rotatable bonds is 4. The Balaban J connectivity index is 1.53. The van der Waals surface area contributed by atoms with E-state index in [0.29, 0.717) is 0 Å². The molecule has 27 heavy (non-hydrogen) atoms. The molecule has 3 fully saturated rings. The standard InChI is InChI=1S/C21H32N4OS/c1-3-7-19(8-4-1)23-20(24-10-5-2-6-11-24)22-17-21(9-16-27-18-21)25-12-14-26-15-13-25/h1,3-4,7-8H,2,5-6,9-18H2,(H,22,23). The smallest absolute Gasteiger partial charge is 0.198 e. The summed E-state index contributed by atoms with van der Waals surface area (Å²) in [6.07, 6.45) is 5.10. The lowest BCUT2D eigenvalue weighted by Crippen LogP contribution is -2.56. The Morgan fingerprint density at radius 2 is 1.85 bits per heavy atom. The van der Waals surface area contributed by atoms with Crippen LogP contribution in [0.3, 0.4) is 0 Å². The van der Waals surface area contributed by atoms with E-state index in [4.69, 9.17) is 9.73 Å². The number of morpholine rings is 1. The molecule has 0 bridgehead atoms. The van der Waals surface area contributed by atoms with Crippen LogP contribution in [0.1, 0.15) is 25.7 Å². The highest BCUT2D eigenvalue weighted by Gasteiger charge is 2.40. The average molecular weight is 389 g/mol. The largest absolute Gasteiger partial charge is 0.379 e. The number of likely N-dealkylation sites (tertiary alicyclic amines) is 1. The maximum absolute atomic E-state index is 5.60. The number of nitrogens with zero attached hydrogens (tertiary/aromatic N) is 3. The van der Waals surface area contributed by atoms with E-state index in [-0.39, 0.29) is 5.54 Å². The van der Waals surface area contributed by atoms with E-state index in [9.17, 15) is 0 Å². The van der Waals surface area contributed by atoms with Gasteiger partial charge in [0.1, 0.15) is 0 Å². The number of guanidine groups is 1. The topological polar surface area (TPSA) is 40.1 Å². The van der Waals surface area contributed by atoms with Crippen molar-refractivity contribution in [3.8, 4) is 0 Å². The molecule has 1 N–H and O–H groups in total. The summed E-state index contributed by atoms with van der Waals surface area (Å²) in [5, 5.41) is 3.62. The Morgan fingerprint density at radius 3 is 2.56 bits per heavy atom. The van der Waals surface area contributed by atoms with Crippen molar-refractivity contribution in [1.82, 2.24) is 9.80 Å². The van der Waals surface area contributed by atoms with Gasteiger partial charge in [0.2, 0.25) is 0 Å². The lowest BCUT2D eigenvalue weighted by Gasteiger charge is -2.42. The van der Waals surface area contributed by atoms with E-state index in [2.05, 4.69) is 57.2 Å². The van der Waals surface area contributed by atoms with Crippen LogP contribution in [-0.2, 0) is 4.74 Å². The molecule has 0 saturated carbocycles. The molecule has 4 rings (SSSR count). The van der Waals surface area contributed by atoms with Gasteiger partial charge in [-0.1, -0.05) is 18.2 Å². The van der Waals surface area contributed by atoms with Gasteiger partial charge >= 0.3 is 0 Å². The molecule has 0 aliphatic carbocycles. The van der Waals surface area contributed by atoms with Crippen LogP contribution in [0.5, 0.6) is 0 Å². The van der Waals surface area contributed by atoms with Gasteiger partial charge in [0.05, 0.1) is 25.3 Å². The summed E-state index contributed by atoms with van der Waals surface area (Å²) in [4.78, 5) is 10.3. The van der Waals surface area contributed by atoms with Crippen molar-refractivity contribution in [3.05, 3.63) is 30.3 Å². The summed E-state index contributed by atoms with van der Waals surface area (Å²) in [5.74, 6) is 3.50. The third kappa shape index (κ3) is 4.79. The monoisotopic (exact) mass is 388 g/mol. The number of hydrogen-bond acceptors (Lipinski definition) is 4. The molecule has 6 heteroatoms. The Bertz CT molecular complexity index is 606. The van der Waals surface area contributed by atoms with E-state index >= 15 is 0 Å². The van der Waals surface area contributed by atoms with Gasteiger partial charge in [-0.15, -0.1) is 0 Å². The third-order valence-electron chi connectivity index (χ3n) is 5.97. The SMILES string of the molecule is c1ccc(NC(=NCC2(N3CCOCC3)CCSC2)N2CCCCC2)cc1. The highest BCUT2D eigenvalue weighted by atomic mass is 32.2. The zero-order valence-electron chi connectivity index (χ0n) is 16.2. The van der Waals surface area contributed by atoms with Crippen LogP contribution in [-0.4, -0.2) is 78.7 Å². The lowest BCUT2D eigenvalue weighted by molar-refractivity contribution is -0.0104. The van der Waals surface area contributed by atoms with Gasteiger partial charge in [0.15, 0.2) is 5.96 Å². The van der Waals surface area contributed by atoms with E-state index < -0.39 is 0 Å². The van der Waals surface area contributed by atoms with Gasteiger partial charge in [0.25, 0.3) is 0 Å². The van der Waals surface area contributed by atoms with Crippen LogP contribution in [0.4, 0.5) is 5.69 Å². The summed E-state index contributed by atoms with van der Waals surface area (Å²) in [5.41, 5.74) is 1.33. The molecule has 148 valence electrons. The number of benzene rings is 1. The van der Waals surface area contributed by atoms with Crippen LogP contribution in [0.25, 0.3) is 0 Å². The van der Waals surface area contributed by atoms with E-state index in [1.165, 1.54) is 37.2 Å². The second kappa shape index (κ2) is 9.30. The van der Waals surface area contributed by atoms with Crippen LogP contribution in [0.15, 0.2) is 35.3 Å². The minimum Gasteiger partial charge on any atom is -0.379 e. The van der Waals surface area contributed by atoms with Crippen molar-refractivity contribution in [1.29, 1.82) is 0 Å². The molecule has 0 aromatic heterocycles. The first-order chi connectivity index (χ1) is 13.4. The van der Waals surface area contributed by atoms with Crippen molar-refractivity contribution < 1.29 is 4.74 Å². The number of aliphatic imine (C=N–C) groups is 1. The molecule has 0 amide bonds. The molecule has 1 aromatic rings. The summed E-state index contributed by atoms with van der Waals surface area (Å²) in [6.45, 7) is 6.90. The Hall–Kier alpha value is -1.24. The molecule has 3 heterocycles. The Morgan fingerprint density at radius 1 is 1.07 bits per heavy atom. The first kappa shape index (κ1) is 19.1. The predicted octanol–water partition coefficient (Wildman–Crippen LogP) is 3.15. The van der Waals surface area contributed by atoms with E-state index in [1.807, 2.05) is 0 Å². The number of hydrogen-bond donors (Lipinski definition) is 1. The molecule has 0 radical (unpaired) electrons. The zero-order chi connectivity index (χ0) is 18.4. The number of piperidine rings is 1. The predicted molar refractivity (Wildman–Crippen MR) is 115 cm³/mol. The highest BCUT2D eigenvalue weighted by molar-refractivity contribution is 7.99. The fourth-order valence-electron chi connectivity index (χ4n) is 4.31. The molecule has 3 aliphatic rings. The van der Waals surface area contributed by atoms with Crippen molar-refractivity contribution in [2.24, 2.45) is 4.99 Å². The molecular formula is C21H32N4OS. The first-order valence-electron chi connectivity index (χ1n) is 10.4. The first-order valence-corrected chi connectivity index (χ1v) is 11.5. The normalized spacial score (nSPS) is 27.7. The van der Waals surface area contributed by atoms with Crippen LogP contribution >= 0.6 is 11.8 Å². The van der Waals surface area contributed by atoms with E-state index in [1.54, 1.807) is 0 Å². The van der Waals surface area contributed by atoms with Crippen molar-refractivity contribution in [2.75, 3.05) is 62.8 Å². The maximum atomic E-state index is 5.60. The van der Waals surface area contributed by atoms with Gasteiger partial charge < -0.3 is 15.0 Å². The summed E-state index contributed by atoms with van der Waals surface area (Å²) >= 11 is 2.08. The quantitative estimate of drug-likeness (QED) is 0.634. The molecule has 3 saturated heterocycles. The van der Waals surface area contributed by atoms with Gasteiger partial charge in [-0.05, 0) is 43.6 Å². The van der Waals surface area contributed by atoms with Crippen molar-refractivity contribution >= 4 is 23.4 Å². The van der Waals surface area contributed by atoms with Crippen molar-refractivity contribution in [3.63, 3.8) is 0 Å². The second-order valence-corrected chi connectivity index (χ2v) is 8.91. The minimum absolute atomic E-state index is 0.202. The number of ether oxygens (including phenoxy) is 1. The Labute approximate surface area is 167 Å². The minimum atomic E-state index is 0.202.